The molecule has 0 fully saturated rings. The van der Waals surface area contributed by atoms with Crippen LogP contribution in [-0.4, -0.2) is 30.4 Å². The molecule has 1 amide bonds. The van der Waals surface area contributed by atoms with Gasteiger partial charge in [0.2, 0.25) is 5.91 Å². The molecule has 7 nitrogen and oxygen atoms in total. The summed E-state index contributed by atoms with van der Waals surface area (Å²) in [5.74, 6) is -0.588. The monoisotopic (exact) mass is 649 g/mol. The highest BCUT2D eigenvalue weighted by Crippen LogP contribution is 2.30. The van der Waals surface area contributed by atoms with E-state index in [1.54, 1.807) is 12.1 Å². The topological polar surface area (TPSA) is 114 Å². The molecule has 0 saturated heterocycles. The third kappa shape index (κ3) is 9.61. The van der Waals surface area contributed by atoms with Gasteiger partial charge in [-0.15, -0.1) is 0 Å². The van der Waals surface area contributed by atoms with Crippen LogP contribution < -0.4 is 5.32 Å². The van der Waals surface area contributed by atoms with Crippen molar-refractivity contribution in [1.29, 1.82) is 0 Å². The third-order valence-electron chi connectivity index (χ3n) is 7.82. The minimum Gasteiger partial charge on any atom is -0.456 e. The van der Waals surface area contributed by atoms with Gasteiger partial charge < -0.3 is 9.73 Å². The largest absolute Gasteiger partial charge is 0.456 e. The molecule has 1 atom stereocenters. The first kappa shape index (κ1) is 33.6. The smallest absolute Gasteiger partial charge is 0.264 e. The van der Waals surface area contributed by atoms with E-state index >= 15 is 0 Å². The van der Waals surface area contributed by atoms with E-state index in [1.165, 1.54) is 0 Å². The van der Waals surface area contributed by atoms with Gasteiger partial charge in [0.25, 0.3) is 10.1 Å². The number of amides is 1. The number of furan rings is 1. The number of para-hydroxylation sites is 1. The molecule has 5 rings (SSSR count). The van der Waals surface area contributed by atoms with E-state index in [1.807, 2.05) is 91.0 Å². The van der Waals surface area contributed by atoms with Crippen molar-refractivity contribution in [3.05, 3.63) is 131 Å². The minimum absolute atomic E-state index is 0.00924. The number of benzene rings is 4. The lowest BCUT2D eigenvalue weighted by molar-refractivity contribution is -0.117. The molecule has 5 aromatic rings. The number of hydrogen-bond acceptors (Lipinski definition) is 5. The van der Waals surface area contributed by atoms with Gasteiger partial charge in [-0.1, -0.05) is 99.7 Å². The lowest BCUT2D eigenvalue weighted by atomic mass is 9.89. The third-order valence-corrected chi connectivity index (χ3v) is 8.62. The number of carbonyl (C=O) groups excluding carboxylic acids is 2. The predicted molar refractivity (Wildman–Crippen MR) is 188 cm³/mol. The zero-order chi connectivity index (χ0) is 33.6. The van der Waals surface area contributed by atoms with Crippen LogP contribution >= 0.6 is 0 Å². The predicted octanol–water partition coefficient (Wildman–Crippen LogP) is 8.97. The molecule has 8 heteroatoms. The van der Waals surface area contributed by atoms with Crippen molar-refractivity contribution in [2.24, 2.45) is 5.41 Å². The van der Waals surface area contributed by atoms with Crippen LogP contribution in [0.5, 0.6) is 0 Å². The van der Waals surface area contributed by atoms with Crippen molar-refractivity contribution in [1.82, 2.24) is 0 Å². The Balaban J connectivity index is 1.33. The maximum absolute atomic E-state index is 13.8. The van der Waals surface area contributed by atoms with Gasteiger partial charge in [0, 0.05) is 28.6 Å². The SMILES string of the molecule is CC(C)(C)/C=C/c1ccc([C@H](Cc2ccc(C(=O)CCCS(=O)(=O)O)cc2)C(=O)Nc2ccc(-c3cc4ccccc4o3)cc2)cc1. The Morgan fingerprint density at radius 2 is 1.57 bits per heavy atom. The van der Waals surface area contributed by atoms with Gasteiger partial charge in [-0.3, -0.25) is 14.1 Å². The molecule has 0 aliphatic carbocycles. The molecule has 0 radical (unpaired) electrons. The Bertz CT molecular complexity index is 1950. The van der Waals surface area contributed by atoms with Crippen molar-refractivity contribution in [3.8, 4) is 11.3 Å². The average Bonchev–Trinajstić information content (AvgIpc) is 3.47. The van der Waals surface area contributed by atoms with Crippen molar-refractivity contribution in [2.45, 2.75) is 46.0 Å². The highest BCUT2D eigenvalue weighted by molar-refractivity contribution is 7.85. The Hall–Kier alpha value is -4.79. The van der Waals surface area contributed by atoms with E-state index in [9.17, 15) is 18.0 Å². The number of rotatable bonds is 12. The number of ketones is 1. The average molecular weight is 650 g/mol. The molecular weight excluding hydrogens is 610 g/mol. The molecule has 1 aromatic heterocycles. The molecule has 0 aliphatic heterocycles. The zero-order valence-corrected chi connectivity index (χ0v) is 27.6. The highest BCUT2D eigenvalue weighted by atomic mass is 32.2. The van der Waals surface area contributed by atoms with Crippen molar-refractivity contribution in [3.63, 3.8) is 0 Å². The Morgan fingerprint density at radius 1 is 0.894 bits per heavy atom. The molecule has 4 aromatic carbocycles. The number of Topliss-reactive ketones (excluding diaryl/α,β-unsaturated/α-hetero) is 1. The number of fused-ring (bicyclic) bond motifs is 1. The van der Waals surface area contributed by atoms with E-state index in [4.69, 9.17) is 8.97 Å². The van der Waals surface area contributed by atoms with Gasteiger partial charge in [-0.2, -0.15) is 8.42 Å². The summed E-state index contributed by atoms with van der Waals surface area (Å²) in [6, 6.07) is 32.4. The molecular formula is C39H39NO6S. The molecule has 47 heavy (non-hydrogen) atoms. The van der Waals surface area contributed by atoms with Gasteiger partial charge in [0.1, 0.15) is 11.3 Å². The molecule has 2 N–H and O–H groups in total. The fourth-order valence-corrected chi connectivity index (χ4v) is 5.75. The second kappa shape index (κ2) is 14.3. The molecule has 1 heterocycles. The lowest BCUT2D eigenvalue weighted by Gasteiger charge is -2.18. The van der Waals surface area contributed by atoms with Crippen LogP contribution in [-0.2, 0) is 21.3 Å². The number of hydrogen-bond donors (Lipinski definition) is 2. The van der Waals surface area contributed by atoms with Crippen LogP contribution in [0.25, 0.3) is 28.4 Å². The molecule has 242 valence electrons. The maximum atomic E-state index is 13.8. The zero-order valence-electron chi connectivity index (χ0n) is 26.8. The summed E-state index contributed by atoms with van der Waals surface area (Å²) in [6.07, 6.45) is 4.68. The molecule has 0 bridgehead atoms. The Kier molecular flexibility index (Phi) is 10.2. The maximum Gasteiger partial charge on any atom is 0.264 e. The number of nitrogens with one attached hydrogen (secondary N) is 1. The Morgan fingerprint density at radius 3 is 2.21 bits per heavy atom. The summed E-state index contributed by atoms with van der Waals surface area (Å²) in [5, 5.41) is 4.11. The summed E-state index contributed by atoms with van der Waals surface area (Å²) in [7, 11) is -4.11. The van der Waals surface area contributed by atoms with Gasteiger partial charge in [0.15, 0.2) is 5.78 Å². The fraction of sp³-hybridized carbons (Fsp3) is 0.231. The normalized spacial score (nSPS) is 12.8. The lowest BCUT2D eigenvalue weighted by Crippen LogP contribution is -2.23. The number of allylic oxidation sites excluding steroid dienone is 1. The van der Waals surface area contributed by atoms with Gasteiger partial charge in [-0.05, 0) is 71.3 Å². The van der Waals surface area contributed by atoms with Crippen LogP contribution in [0.4, 0.5) is 5.69 Å². The second-order valence-electron chi connectivity index (χ2n) is 12.8. The summed E-state index contributed by atoms with van der Waals surface area (Å²) in [6.45, 7) is 6.42. The van der Waals surface area contributed by atoms with Gasteiger partial charge in [-0.25, -0.2) is 0 Å². The summed E-state index contributed by atoms with van der Waals surface area (Å²) < 4.78 is 36.9. The van der Waals surface area contributed by atoms with E-state index in [0.717, 1.165) is 39.0 Å². The van der Waals surface area contributed by atoms with Gasteiger partial charge >= 0.3 is 0 Å². The first-order chi connectivity index (χ1) is 22.3. The Labute approximate surface area is 276 Å². The first-order valence-corrected chi connectivity index (χ1v) is 17.2. The summed E-state index contributed by atoms with van der Waals surface area (Å²) >= 11 is 0. The van der Waals surface area contributed by atoms with Crippen molar-refractivity contribution in [2.75, 3.05) is 11.1 Å². The second-order valence-corrected chi connectivity index (χ2v) is 14.4. The number of carbonyl (C=O) groups is 2. The quantitative estimate of drug-likeness (QED) is 0.103. The van der Waals surface area contributed by atoms with E-state index in [2.05, 4.69) is 38.2 Å². The summed E-state index contributed by atoms with van der Waals surface area (Å²) in [5.41, 5.74) is 5.65. The molecule has 0 spiro atoms. The van der Waals surface area contributed by atoms with Crippen molar-refractivity contribution >= 4 is 44.5 Å². The van der Waals surface area contributed by atoms with E-state index in [-0.39, 0.29) is 29.9 Å². The first-order valence-electron chi connectivity index (χ1n) is 15.6. The van der Waals surface area contributed by atoms with Gasteiger partial charge in [0.05, 0.1) is 11.7 Å². The summed E-state index contributed by atoms with van der Waals surface area (Å²) in [4.78, 5) is 26.4. The van der Waals surface area contributed by atoms with Crippen LogP contribution in [0.15, 0.2) is 114 Å². The molecule has 0 saturated carbocycles. The van der Waals surface area contributed by atoms with Crippen LogP contribution in [0, 0.1) is 5.41 Å². The minimum atomic E-state index is -4.11. The van der Waals surface area contributed by atoms with E-state index in [0.29, 0.717) is 17.7 Å². The van der Waals surface area contributed by atoms with Crippen LogP contribution in [0.2, 0.25) is 0 Å². The van der Waals surface area contributed by atoms with E-state index < -0.39 is 21.8 Å². The van der Waals surface area contributed by atoms with Crippen LogP contribution in [0.3, 0.4) is 0 Å². The van der Waals surface area contributed by atoms with Crippen LogP contribution in [0.1, 0.15) is 66.6 Å². The highest BCUT2D eigenvalue weighted by Gasteiger charge is 2.22. The molecule has 0 aliphatic rings. The molecule has 0 unspecified atom stereocenters. The standard InChI is InChI=1S/C39H39NO6S/c1-39(2,3)23-22-27-10-14-29(15-11-27)34(25-28-12-16-30(17-13-28)35(41)8-6-24-47(43,44)45)38(42)40-33-20-18-31(19-21-33)37-26-32-7-4-5-9-36(32)46-37/h4-5,7,9-23,26,34H,6,8,24-25H2,1-3H3,(H,40,42)(H,43,44,45)/b23-22+/t34-/m0/s1. The van der Waals surface area contributed by atoms with Crippen molar-refractivity contribution < 1.29 is 27.0 Å². The fourth-order valence-electron chi connectivity index (χ4n) is 5.24. The number of anilines is 1.